The number of carbonyl (C=O) groups is 1. The fourth-order valence-corrected chi connectivity index (χ4v) is 2.18. The van der Waals surface area contributed by atoms with Crippen LogP contribution in [0.25, 0.3) is 11.0 Å². The average molecular weight is 335 g/mol. The van der Waals surface area contributed by atoms with Crippen molar-refractivity contribution in [3.63, 3.8) is 0 Å². The molecule has 0 radical (unpaired) electrons. The summed E-state index contributed by atoms with van der Waals surface area (Å²) >= 11 is 0. The number of ether oxygens (including phenoxy) is 1. The Labute approximate surface area is 134 Å². The van der Waals surface area contributed by atoms with Crippen LogP contribution in [-0.2, 0) is 11.2 Å². The van der Waals surface area contributed by atoms with Crippen molar-refractivity contribution < 1.29 is 22.7 Å². The fraction of sp³-hybridized carbons (Fsp3) is 0.125. The van der Waals surface area contributed by atoms with Gasteiger partial charge in [0.1, 0.15) is 5.75 Å². The minimum Gasteiger partial charge on any atom is -0.406 e. The van der Waals surface area contributed by atoms with Crippen LogP contribution in [0.1, 0.15) is 5.56 Å². The van der Waals surface area contributed by atoms with Crippen LogP contribution in [-0.4, -0.2) is 22.2 Å². The van der Waals surface area contributed by atoms with Crippen molar-refractivity contribution in [3.05, 3.63) is 54.1 Å². The topological polar surface area (TPSA) is 67.0 Å². The summed E-state index contributed by atoms with van der Waals surface area (Å²) in [6.45, 7) is 0. The number of nitrogens with zero attached hydrogens (tertiary/aromatic N) is 1. The Balaban J connectivity index is 1.62. The third-order valence-corrected chi connectivity index (χ3v) is 3.17. The molecule has 5 nitrogen and oxygen atoms in total. The number of aromatic amines is 1. The molecule has 0 saturated heterocycles. The van der Waals surface area contributed by atoms with E-state index >= 15 is 0 Å². The Hall–Kier alpha value is -3.03. The Morgan fingerprint density at radius 2 is 1.83 bits per heavy atom. The lowest BCUT2D eigenvalue weighted by atomic mass is 10.1. The van der Waals surface area contributed by atoms with Crippen LogP contribution in [0.15, 0.2) is 48.5 Å². The Morgan fingerprint density at radius 1 is 1.12 bits per heavy atom. The van der Waals surface area contributed by atoms with Gasteiger partial charge in [0.2, 0.25) is 11.9 Å². The number of halogens is 3. The molecule has 3 aromatic rings. The summed E-state index contributed by atoms with van der Waals surface area (Å²) in [6.07, 6.45) is -4.73. The molecule has 1 aromatic heterocycles. The van der Waals surface area contributed by atoms with Crippen LogP contribution in [0.2, 0.25) is 0 Å². The Kier molecular flexibility index (Phi) is 4.11. The number of anilines is 1. The summed E-state index contributed by atoms with van der Waals surface area (Å²) in [5, 5.41) is 2.62. The highest BCUT2D eigenvalue weighted by molar-refractivity contribution is 5.92. The van der Waals surface area contributed by atoms with Crippen molar-refractivity contribution in [2.45, 2.75) is 12.8 Å². The van der Waals surface area contributed by atoms with Crippen LogP contribution in [0, 0.1) is 0 Å². The van der Waals surface area contributed by atoms with Gasteiger partial charge in [-0.15, -0.1) is 13.2 Å². The number of hydrogen-bond donors (Lipinski definition) is 2. The molecule has 1 heterocycles. The predicted octanol–water partition coefficient (Wildman–Crippen LogP) is 3.64. The van der Waals surface area contributed by atoms with Gasteiger partial charge in [0.05, 0.1) is 17.5 Å². The molecule has 0 fully saturated rings. The zero-order valence-corrected chi connectivity index (χ0v) is 12.2. The van der Waals surface area contributed by atoms with Crippen LogP contribution in [0.3, 0.4) is 0 Å². The number of amides is 1. The molecule has 8 heteroatoms. The third-order valence-electron chi connectivity index (χ3n) is 3.17. The van der Waals surface area contributed by atoms with Crippen molar-refractivity contribution in [1.29, 1.82) is 0 Å². The maximum Gasteiger partial charge on any atom is 0.573 e. The largest absolute Gasteiger partial charge is 0.573 e. The number of carbonyl (C=O) groups excluding carboxylic acids is 1. The molecule has 0 unspecified atom stereocenters. The van der Waals surface area contributed by atoms with Crippen molar-refractivity contribution in [3.8, 4) is 5.75 Å². The molecule has 0 aliphatic rings. The van der Waals surface area contributed by atoms with Gasteiger partial charge in [-0.2, -0.15) is 0 Å². The zero-order chi connectivity index (χ0) is 17.2. The molecule has 0 saturated carbocycles. The second kappa shape index (κ2) is 6.23. The number of nitrogens with one attached hydrogen (secondary N) is 2. The lowest BCUT2D eigenvalue weighted by Gasteiger charge is -2.09. The first-order chi connectivity index (χ1) is 11.4. The SMILES string of the molecule is O=C(Cc1ccc(OC(F)(F)F)cc1)Nc1nc2ccccc2[nH]1. The Bertz CT molecular complexity index is 824. The van der Waals surface area contributed by atoms with E-state index in [1.165, 1.54) is 12.1 Å². The summed E-state index contributed by atoms with van der Waals surface area (Å²) in [5.41, 5.74) is 2.07. The lowest BCUT2D eigenvalue weighted by Crippen LogP contribution is -2.17. The predicted molar refractivity (Wildman–Crippen MR) is 81.6 cm³/mol. The van der Waals surface area contributed by atoms with Gasteiger partial charge in [0, 0.05) is 0 Å². The molecular formula is C16H12F3N3O2. The first-order valence-corrected chi connectivity index (χ1v) is 6.98. The van der Waals surface area contributed by atoms with Gasteiger partial charge in [-0.3, -0.25) is 10.1 Å². The van der Waals surface area contributed by atoms with Crippen LogP contribution in [0.5, 0.6) is 5.75 Å². The maximum atomic E-state index is 12.1. The number of alkyl halides is 3. The van der Waals surface area contributed by atoms with E-state index in [-0.39, 0.29) is 18.1 Å². The summed E-state index contributed by atoms with van der Waals surface area (Å²) in [5.74, 6) is -0.347. The monoisotopic (exact) mass is 335 g/mol. The average Bonchev–Trinajstić information content (AvgIpc) is 2.89. The molecule has 0 aliphatic heterocycles. The van der Waals surface area contributed by atoms with Gasteiger partial charge >= 0.3 is 6.36 Å². The number of imidazole rings is 1. The van der Waals surface area contributed by atoms with Gasteiger partial charge in [-0.1, -0.05) is 24.3 Å². The van der Waals surface area contributed by atoms with Gasteiger partial charge in [0.25, 0.3) is 0 Å². The molecule has 24 heavy (non-hydrogen) atoms. The number of aromatic nitrogens is 2. The number of hydrogen-bond acceptors (Lipinski definition) is 3. The summed E-state index contributed by atoms with van der Waals surface area (Å²) in [4.78, 5) is 19.2. The van der Waals surface area contributed by atoms with E-state index in [1.807, 2.05) is 18.2 Å². The van der Waals surface area contributed by atoms with Gasteiger partial charge in [-0.05, 0) is 29.8 Å². The maximum absolute atomic E-state index is 12.1. The van der Waals surface area contributed by atoms with Crippen molar-refractivity contribution >= 4 is 22.9 Å². The quantitative estimate of drug-likeness (QED) is 0.765. The second-order valence-electron chi connectivity index (χ2n) is 5.02. The van der Waals surface area contributed by atoms with Crippen LogP contribution in [0.4, 0.5) is 19.1 Å². The van der Waals surface area contributed by atoms with E-state index in [1.54, 1.807) is 6.07 Å². The normalized spacial score (nSPS) is 11.5. The highest BCUT2D eigenvalue weighted by Gasteiger charge is 2.30. The van der Waals surface area contributed by atoms with Crippen LogP contribution >= 0.6 is 0 Å². The Morgan fingerprint density at radius 3 is 2.50 bits per heavy atom. The van der Waals surface area contributed by atoms with E-state index < -0.39 is 6.36 Å². The number of para-hydroxylation sites is 2. The molecule has 3 rings (SSSR count). The first-order valence-electron chi connectivity index (χ1n) is 6.98. The highest BCUT2D eigenvalue weighted by atomic mass is 19.4. The van der Waals surface area contributed by atoms with Gasteiger partial charge in [0.15, 0.2) is 0 Å². The number of benzene rings is 2. The molecule has 0 aliphatic carbocycles. The molecule has 124 valence electrons. The number of H-pyrrole nitrogens is 1. The van der Waals surface area contributed by atoms with Gasteiger partial charge < -0.3 is 9.72 Å². The first kappa shape index (κ1) is 15.9. The van der Waals surface area contributed by atoms with Crippen molar-refractivity contribution in [2.24, 2.45) is 0 Å². The molecule has 0 atom stereocenters. The fourth-order valence-electron chi connectivity index (χ4n) is 2.18. The summed E-state index contributed by atoms with van der Waals surface area (Å²) < 4.78 is 40.0. The van der Waals surface area contributed by atoms with E-state index in [2.05, 4.69) is 20.0 Å². The minimum absolute atomic E-state index is 0.00332. The van der Waals surface area contributed by atoms with E-state index in [9.17, 15) is 18.0 Å². The molecule has 2 aromatic carbocycles. The van der Waals surface area contributed by atoms with E-state index in [4.69, 9.17) is 0 Å². The molecule has 2 N–H and O–H groups in total. The lowest BCUT2D eigenvalue weighted by molar-refractivity contribution is -0.274. The van der Waals surface area contributed by atoms with Crippen molar-refractivity contribution in [2.75, 3.05) is 5.32 Å². The highest BCUT2D eigenvalue weighted by Crippen LogP contribution is 2.23. The summed E-state index contributed by atoms with van der Waals surface area (Å²) in [7, 11) is 0. The van der Waals surface area contributed by atoms with Gasteiger partial charge in [-0.25, -0.2) is 4.98 Å². The molecular weight excluding hydrogens is 323 g/mol. The van der Waals surface area contributed by atoms with Crippen LogP contribution < -0.4 is 10.1 Å². The smallest absolute Gasteiger partial charge is 0.406 e. The van der Waals surface area contributed by atoms with E-state index in [0.29, 0.717) is 11.5 Å². The minimum atomic E-state index is -4.74. The second-order valence-corrected chi connectivity index (χ2v) is 5.02. The standard InChI is InChI=1S/C16H12F3N3O2/c17-16(18,19)24-11-7-5-10(6-8-11)9-14(23)22-15-20-12-3-1-2-4-13(12)21-15/h1-8H,9H2,(H2,20,21,22,23). The zero-order valence-electron chi connectivity index (χ0n) is 12.2. The number of rotatable bonds is 4. The molecule has 1 amide bonds. The molecule has 0 spiro atoms. The molecule has 0 bridgehead atoms. The summed E-state index contributed by atoms with van der Waals surface area (Å²) in [6, 6.07) is 12.4. The van der Waals surface area contributed by atoms with E-state index in [0.717, 1.165) is 23.2 Å². The third kappa shape index (κ3) is 4.03. The van der Waals surface area contributed by atoms with Crippen molar-refractivity contribution in [1.82, 2.24) is 9.97 Å². The number of fused-ring (bicyclic) bond motifs is 1.